The largest absolute Gasteiger partial charge is 0.302 e. The molecule has 0 aliphatic rings. The van der Waals surface area contributed by atoms with E-state index in [2.05, 4.69) is 68.1 Å². The van der Waals surface area contributed by atoms with E-state index in [-0.39, 0.29) is 0 Å². The van der Waals surface area contributed by atoms with Gasteiger partial charge in [-0.15, -0.1) is 0 Å². The number of hydrogen-bond acceptors (Lipinski definition) is 1. The normalized spacial score (nSPS) is 11.2. The van der Waals surface area contributed by atoms with Gasteiger partial charge < -0.3 is 4.90 Å². The number of hydrogen-bond donors (Lipinski definition) is 0. The van der Waals surface area contributed by atoms with Gasteiger partial charge in [0.1, 0.15) is 0 Å². The van der Waals surface area contributed by atoms with Crippen LogP contribution in [0, 0.1) is 0 Å². The molecule has 20 heavy (non-hydrogen) atoms. The molecule has 0 N–H and O–H groups in total. The highest BCUT2D eigenvalue weighted by atomic mass is 79.9. The minimum atomic E-state index is 1.05. The molecule has 0 aliphatic carbocycles. The van der Waals surface area contributed by atoms with Crippen LogP contribution in [0.15, 0.2) is 28.7 Å². The van der Waals surface area contributed by atoms with Crippen molar-refractivity contribution in [3.05, 3.63) is 34.3 Å². The summed E-state index contributed by atoms with van der Waals surface area (Å²) in [5.41, 5.74) is 1.39. The number of nitrogens with zero attached hydrogens (tertiary/aromatic N) is 1. The molecule has 0 saturated carbocycles. The molecule has 0 aliphatic heterocycles. The first-order valence-corrected chi connectivity index (χ1v) is 9.63. The molecule has 0 radical (unpaired) electrons. The van der Waals surface area contributed by atoms with Crippen molar-refractivity contribution in [3.63, 3.8) is 0 Å². The van der Waals surface area contributed by atoms with Gasteiger partial charge >= 0.3 is 0 Å². The van der Waals surface area contributed by atoms with E-state index in [4.69, 9.17) is 0 Å². The summed E-state index contributed by atoms with van der Waals surface area (Å²) in [6.45, 7) is 2.26. The Hall–Kier alpha value is 0.140. The molecule has 0 aromatic heterocycles. The fourth-order valence-electron chi connectivity index (χ4n) is 2.34. The smallest absolute Gasteiger partial charge is 0.0230 e. The first kappa shape index (κ1) is 18.2. The Morgan fingerprint density at radius 1 is 0.850 bits per heavy atom. The van der Waals surface area contributed by atoms with Crippen LogP contribution in [0.25, 0.3) is 0 Å². The first-order chi connectivity index (χ1) is 9.72. The molecule has 1 aromatic rings. The van der Waals surface area contributed by atoms with Crippen LogP contribution in [0.5, 0.6) is 0 Å². The van der Waals surface area contributed by atoms with Gasteiger partial charge in [0.25, 0.3) is 0 Å². The third-order valence-corrected chi connectivity index (χ3v) is 4.63. The second-order valence-corrected chi connectivity index (χ2v) is 7.24. The summed E-state index contributed by atoms with van der Waals surface area (Å²) >= 11 is 6.96. The van der Waals surface area contributed by atoms with Crippen LogP contribution in [0.3, 0.4) is 0 Å². The Kier molecular flexibility index (Phi) is 10.7. The lowest BCUT2D eigenvalue weighted by atomic mass is 10.1. The lowest BCUT2D eigenvalue weighted by molar-refractivity contribution is 0.316. The predicted molar refractivity (Wildman–Crippen MR) is 96.6 cm³/mol. The molecule has 0 amide bonds. The maximum Gasteiger partial charge on any atom is 0.0230 e. The average Bonchev–Trinajstić information content (AvgIpc) is 2.44. The van der Waals surface area contributed by atoms with Crippen LogP contribution in [0.2, 0.25) is 0 Å². The zero-order chi connectivity index (χ0) is 14.6. The predicted octanol–water partition coefficient (Wildman–Crippen LogP) is 6.01. The van der Waals surface area contributed by atoms with Gasteiger partial charge in [-0.25, -0.2) is 0 Å². The van der Waals surface area contributed by atoms with Gasteiger partial charge in [-0.3, -0.25) is 0 Å². The van der Waals surface area contributed by atoms with Crippen molar-refractivity contribution in [1.29, 1.82) is 0 Å². The summed E-state index contributed by atoms with van der Waals surface area (Å²) in [5, 5.41) is 1.16. The minimum Gasteiger partial charge on any atom is -0.302 e. The van der Waals surface area contributed by atoms with Crippen molar-refractivity contribution in [1.82, 2.24) is 4.90 Å². The summed E-state index contributed by atoms with van der Waals surface area (Å²) in [5.74, 6) is 0. The summed E-state index contributed by atoms with van der Waals surface area (Å²) in [7, 11) is 2.22. The molecule has 0 bridgehead atoms. The molecule has 3 heteroatoms. The Bertz CT molecular complexity index is 337. The van der Waals surface area contributed by atoms with Crippen LogP contribution < -0.4 is 0 Å². The van der Waals surface area contributed by atoms with E-state index in [1.54, 1.807) is 0 Å². The number of alkyl halides is 1. The molecule has 0 saturated heterocycles. The van der Waals surface area contributed by atoms with Gasteiger partial charge in [0.05, 0.1) is 0 Å². The maximum atomic E-state index is 3.48. The second kappa shape index (κ2) is 11.8. The van der Waals surface area contributed by atoms with Crippen LogP contribution in [-0.4, -0.2) is 23.8 Å². The zero-order valence-electron chi connectivity index (χ0n) is 12.6. The molecule has 114 valence electrons. The van der Waals surface area contributed by atoms with Crippen molar-refractivity contribution in [3.8, 4) is 0 Å². The van der Waals surface area contributed by atoms with Gasteiger partial charge in [-0.1, -0.05) is 76.1 Å². The van der Waals surface area contributed by atoms with Crippen molar-refractivity contribution in [2.45, 2.75) is 51.5 Å². The standard InChI is InChI=1S/C17H27Br2N/c1-20(15-16-9-11-17(19)12-10-16)14-8-6-4-2-3-5-7-13-18/h9-12H,2-8,13-15H2,1H3. The lowest BCUT2D eigenvalue weighted by Crippen LogP contribution is -2.18. The highest BCUT2D eigenvalue weighted by molar-refractivity contribution is 9.10. The molecule has 1 aromatic carbocycles. The molecule has 0 fully saturated rings. The Morgan fingerprint density at radius 2 is 1.40 bits per heavy atom. The zero-order valence-corrected chi connectivity index (χ0v) is 15.8. The SMILES string of the molecule is CN(CCCCCCCCCBr)Cc1ccc(Br)cc1. The Morgan fingerprint density at radius 3 is 2.00 bits per heavy atom. The highest BCUT2D eigenvalue weighted by Gasteiger charge is 2.00. The van der Waals surface area contributed by atoms with E-state index in [0.717, 1.165) is 16.3 Å². The van der Waals surface area contributed by atoms with Gasteiger partial charge in [0.2, 0.25) is 0 Å². The topological polar surface area (TPSA) is 3.24 Å². The quantitative estimate of drug-likeness (QED) is 0.322. The third kappa shape index (κ3) is 9.15. The van der Waals surface area contributed by atoms with Gasteiger partial charge in [-0.2, -0.15) is 0 Å². The van der Waals surface area contributed by atoms with E-state index >= 15 is 0 Å². The number of unbranched alkanes of at least 4 members (excludes halogenated alkanes) is 6. The van der Waals surface area contributed by atoms with Crippen molar-refractivity contribution < 1.29 is 0 Å². The molecule has 1 rings (SSSR count). The third-order valence-electron chi connectivity index (χ3n) is 3.54. The van der Waals surface area contributed by atoms with Crippen molar-refractivity contribution in [2.75, 3.05) is 18.9 Å². The molecular formula is C17H27Br2N. The highest BCUT2D eigenvalue weighted by Crippen LogP contribution is 2.12. The van der Waals surface area contributed by atoms with E-state index in [0.29, 0.717) is 0 Å². The van der Waals surface area contributed by atoms with Crippen molar-refractivity contribution >= 4 is 31.9 Å². The van der Waals surface area contributed by atoms with Gasteiger partial charge in [0.15, 0.2) is 0 Å². The van der Waals surface area contributed by atoms with Gasteiger partial charge in [-0.05, 0) is 44.1 Å². The number of rotatable bonds is 11. The summed E-state index contributed by atoms with van der Waals surface area (Å²) in [6.07, 6.45) is 9.62. The van der Waals surface area contributed by atoms with E-state index in [1.165, 1.54) is 57.1 Å². The van der Waals surface area contributed by atoms with Gasteiger partial charge in [0, 0.05) is 16.3 Å². The monoisotopic (exact) mass is 403 g/mol. The van der Waals surface area contributed by atoms with Crippen LogP contribution in [0.4, 0.5) is 0 Å². The summed E-state index contributed by atoms with van der Waals surface area (Å²) in [6, 6.07) is 8.64. The molecule has 0 spiro atoms. The lowest BCUT2D eigenvalue weighted by Gasteiger charge is -2.16. The van der Waals surface area contributed by atoms with E-state index < -0.39 is 0 Å². The summed E-state index contributed by atoms with van der Waals surface area (Å²) in [4.78, 5) is 2.42. The molecule has 0 heterocycles. The number of benzene rings is 1. The average molecular weight is 405 g/mol. The molecule has 0 unspecified atom stereocenters. The van der Waals surface area contributed by atoms with Crippen LogP contribution >= 0.6 is 31.9 Å². The minimum absolute atomic E-state index is 1.05. The molecule has 1 nitrogen and oxygen atoms in total. The van der Waals surface area contributed by atoms with E-state index in [1.807, 2.05) is 0 Å². The fraction of sp³-hybridized carbons (Fsp3) is 0.647. The van der Waals surface area contributed by atoms with Crippen molar-refractivity contribution in [2.24, 2.45) is 0 Å². The summed E-state index contributed by atoms with van der Waals surface area (Å²) < 4.78 is 1.16. The van der Waals surface area contributed by atoms with Crippen LogP contribution in [0.1, 0.15) is 50.5 Å². The fourth-order valence-corrected chi connectivity index (χ4v) is 3.00. The molecular weight excluding hydrogens is 378 g/mol. The Labute approximate surface area is 141 Å². The first-order valence-electron chi connectivity index (χ1n) is 7.71. The second-order valence-electron chi connectivity index (χ2n) is 5.53. The molecule has 0 atom stereocenters. The maximum absolute atomic E-state index is 3.48. The van der Waals surface area contributed by atoms with Crippen LogP contribution in [-0.2, 0) is 6.54 Å². The Balaban J connectivity index is 2.00. The number of halogens is 2. The van der Waals surface area contributed by atoms with E-state index in [9.17, 15) is 0 Å².